The molecule has 2 aromatic carbocycles. The van der Waals surface area contributed by atoms with Gasteiger partial charge < -0.3 is 5.32 Å². The van der Waals surface area contributed by atoms with Crippen molar-refractivity contribution in [2.45, 2.75) is 11.8 Å². The molecular weight excluding hydrogens is 373 g/mol. The van der Waals surface area contributed by atoms with E-state index in [1.165, 1.54) is 30.6 Å². The second kappa shape index (κ2) is 8.20. The van der Waals surface area contributed by atoms with Crippen LogP contribution in [-0.4, -0.2) is 27.0 Å². The smallest absolute Gasteiger partial charge is 0.234 e. The summed E-state index contributed by atoms with van der Waals surface area (Å²) in [5.41, 5.74) is 2.66. The molecule has 3 rings (SSSR count). The molecule has 8 heteroatoms. The van der Waals surface area contributed by atoms with Crippen LogP contribution in [0.2, 0.25) is 0 Å². The molecule has 0 aliphatic carbocycles. The topological polar surface area (TPSA) is 72.0 Å². The summed E-state index contributed by atoms with van der Waals surface area (Å²) in [6, 6.07) is 11.5. The van der Waals surface area contributed by atoms with Gasteiger partial charge in [-0.1, -0.05) is 22.7 Å². The van der Waals surface area contributed by atoms with Crippen molar-refractivity contribution >= 4 is 40.7 Å². The predicted octanol–water partition coefficient (Wildman–Crippen LogP) is 4.28. The number of amides is 1. The van der Waals surface area contributed by atoms with Gasteiger partial charge in [0.2, 0.25) is 5.91 Å². The zero-order valence-electron chi connectivity index (χ0n) is 13.7. The van der Waals surface area contributed by atoms with Crippen LogP contribution < -0.4 is 5.32 Å². The van der Waals surface area contributed by atoms with E-state index in [0.717, 1.165) is 23.0 Å². The van der Waals surface area contributed by atoms with E-state index in [9.17, 15) is 14.0 Å². The van der Waals surface area contributed by atoms with Gasteiger partial charge in [0.15, 0.2) is 5.78 Å². The standard InChI is InChI=1S/C18H14FN3O2S2/c1-11(23)13-4-7-17(15(19)8-13)25-10-18(24)20-14-5-2-12(3-6-14)16-9-26-22-21-16/h2-9H,10H2,1H3,(H,20,24). The first-order valence-corrected chi connectivity index (χ1v) is 9.46. The number of rotatable bonds is 6. The van der Waals surface area contributed by atoms with Crippen molar-refractivity contribution in [3.8, 4) is 11.3 Å². The van der Waals surface area contributed by atoms with E-state index in [-0.39, 0.29) is 17.4 Å². The Labute approximate surface area is 157 Å². The van der Waals surface area contributed by atoms with Crippen LogP contribution in [0, 0.1) is 5.82 Å². The van der Waals surface area contributed by atoms with Crippen molar-refractivity contribution in [3.05, 3.63) is 59.2 Å². The van der Waals surface area contributed by atoms with Crippen LogP contribution in [0.1, 0.15) is 17.3 Å². The summed E-state index contributed by atoms with van der Waals surface area (Å²) in [6.07, 6.45) is 0. The van der Waals surface area contributed by atoms with Crippen LogP contribution >= 0.6 is 23.3 Å². The number of nitrogens with one attached hydrogen (secondary N) is 1. The summed E-state index contributed by atoms with van der Waals surface area (Å²) in [5.74, 6) is -0.881. The Morgan fingerprint density at radius 3 is 2.58 bits per heavy atom. The second-order valence-corrected chi connectivity index (χ2v) is 7.03. The Bertz CT molecular complexity index is 928. The van der Waals surface area contributed by atoms with Crippen LogP contribution in [0.25, 0.3) is 11.3 Å². The number of thioether (sulfide) groups is 1. The molecule has 0 fully saturated rings. The summed E-state index contributed by atoms with van der Waals surface area (Å²) in [7, 11) is 0. The molecule has 5 nitrogen and oxygen atoms in total. The maximum Gasteiger partial charge on any atom is 0.234 e. The first-order valence-electron chi connectivity index (χ1n) is 7.63. The summed E-state index contributed by atoms with van der Waals surface area (Å²) >= 11 is 2.36. The first kappa shape index (κ1) is 18.2. The quantitative estimate of drug-likeness (QED) is 0.505. The molecule has 0 radical (unpaired) electrons. The molecule has 3 aromatic rings. The molecule has 0 saturated carbocycles. The monoisotopic (exact) mass is 387 g/mol. The molecule has 0 unspecified atom stereocenters. The number of hydrogen-bond donors (Lipinski definition) is 1. The van der Waals surface area contributed by atoms with E-state index in [1.807, 2.05) is 17.5 Å². The summed E-state index contributed by atoms with van der Waals surface area (Å²) in [6.45, 7) is 1.38. The minimum atomic E-state index is -0.503. The molecule has 1 aromatic heterocycles. The normalized spacial score (nSPS) is 10.5. The van der Waals surface area contributed by atoms with E-state index in [1.54, 1.807) is 18.2 Å². The van der Waals surface area contributed by atoms with Crippen LogP contribution in [0.3, 0.4) is 0 Å². The Morgan fingerprint density at radius 1 is 1.19 bits per heavy atom. The van der Waals surface area contributed by atoms with Gasteiger partial charge >= 0.3 is 0 Å². The average Bonchev–Trinajstić information content (AvgIpc) is 3.16. The Hall–Kier alpha value is -2.58. The van der Waals surface area contributed by atoms with Crippen LogP contribution in [0.15, 0.2) is 52.7 Å². The number of Topliss-reactive ketones (excluding diaryl/α,β-unsaturated/α-hetero) is 1. The number of anilines is 1. The number of hydrogen-bond acceptors (Lipinski definition) is 6. The zero-order chi connectivity index (χ0) is 18.5. The lowest BCUT2D eigenvalue weighted by atomic mass is 10.1. The molecule has 0 spiro atoms. The minimum Gasteiger partial charge on any atom is -0.325 e. The van der Waals surface area contributed by atoms with Gasteiger partial charge in [-0.2, -0.15) is 0 Å². The number of carbonyl (C=O) groups excluding carboxylic acids is 2. The highest BCUT2D eigenvalue weighted by Gasteiger charge is 2.10. The van der Waals surface area contributed by atoms with Gasteiger partial charge in [-0.25, -0.2) is 4.39 Å². The third kappa shape index (κ3) is 4.53. The fourth-order valence-corrected chi connectivity index (χ4v) is 3.38. The lowest BCUT2D eigenvalue weighted by Crippen LogP contribution is -2.14. The second-order valence-electron chi connectivity index (χ2n) is 5.41. The molecule has 132 valence electrons. The molecule has 1 N–H and O–H groups in total. The molecule has 0 saturated heterocycles. The third-order valence-electron chi connectivity index (χ3n) is 3.52. The molecule has 0 aliphatic rings. The Balaban J connectivity index is 1.57. The lowest BCUT2D eigenvalue weighted by Gasteiger charge is -2.07. The molecule has 1 heterocycles. The number of halogens is 1. The van der Waals surface area contributed by atoms with Gasteiger partial charge in [0.1, 0.15) is 11.5 Å². The molecule has 26 heavy (non-hydrogen) atoms. The number of ketones is 1. The minimum absolute atomic E-state index is 0.0636. The fraction of sp³-hybridized carbons (Fsp3) is 0.111. The van der Waals surface area contributed by atoms with E-state index in [2.05, 4.69) is 14.9 Å². The van der Waals surface area contributed by atoms with Crippen molar-refractivity contribution < 1.29 is 14.0 Å². The first-order chi connectivity index (χ1) is 12.5. The van der Waals surface area contributed by atoms with Crippen LogP contribution in [-0.2, 0) is 4.79 Å². The fourth-order valence-electron chi connectivity index (χ4n) is 2.19. The predicted molar refractivity (Wildman–Crippen MR) is 101 cm³/mol. The van der Waals surface area contributed by atoms with Crippen molar-refractivity contribution in [3.63, 3.8) is 0 Å². The van der Waals surface area contributed by atoms with Gasteiger partial charge in [0.25, 0.3) is 0 Å². The van der Waals surface area contributed by atoms with Gasteiger partial charge in [-0.3, -0.25) is 9.59 Å². The number of benzene rings is 2. The van der Waals surface area contributed by atoms with Crippen LogP contribution in [0.4, 0.5) is 10.1 Å². The summed E-state index contributed by atoms with van der Waals surface area (Å²) in [4.78, 5) is 23.6. The summed E-state index contributed by atoms with van der Waals surface area (Å²) < 4.78 is 17.8. The summed E-state index contributed by atoms with van der Waals surface area (Å²) in [5, 5.41) is 8.59. The largest absolute Gasteiger partial charge is 0.325 e. The lowest BCUT2D eigenvalue weighted by molar-refractivity contribution is -0.113. The SMILES string of the molecule is CC(=O)c1ccc(SCC(=O)Nc2ccc(-c3csnn3)cc2)c(F)c1. The average molecular weight is 387 g/mol. The highest BCUT2D eigenvalue weighted by molar-refractivity contribution is 8.00. The van der Waals surface area contributed by atoms with Crippen molar-refractivity contribution in [1.82, 2.24) is 9.59 Å². The molecule has 0 atom stereocenters. The molecule has 0 bridgehead atoms. The highest BCUT2D eigenvalue weighted by atomic mass is 32.2. The Morgan fingerprint density at radius 2 is 1.96 bits per heavy atom. The highest BCUT2D eigenvalue weighted by Crippen LogP contribution is 2.24. The number of carbonyl (C=O) groups is 2. The van der Waals surface area contributed by atoms with Gasteiger partial charge in [-0.05, 0) is 42.7 Å². The number of nitrogens with zero attached hydrogens (tertiary/aromatic N) is 2. The van der Waals surface area contributed by atoms with Gasteiger partial charge in [-0.15, -0.1) is 16.9 Å². The molecular formula is C18H14FN3O2S2. The third-order valence-corrected chi connectivity index (χ3v) is 5.07. The van der Waals surface area contributed by atoms with Crippen molar-refractivity contribution in [2.24, 2.45) is 0 Å². The Kier molecular flexibility index (Phi) is 5.75. The number of aromatic nitrogens is 2. The van der Waals surface area contributed by atoms with Gasteiger partial charge in [0.05, 0.1) is 5.75 Å². The maximum atomic E-state index is 14.0. The van der Waals surface area contributed by atoms with Crippen LogP contribution in [0.5, 0.6) is 0 Å². The maximum absolute atomic E-state index is 14.0. The van der Waals surface area contributed by atoms with Crippen molar-refractivity contribution in [2.75, 3.05) is 11.1 Å². The zero-order valence-corrected chi connectivity index (χ0v) is 15.4. The van der Waals surface area contributed by atoms with E-state index in [0.29, 0.717) is 16.1 Å². The van der Waals surface area contributed by atoms with E-state index >= 15 is 0 Å². The molecule has 0 aliphatic heterocycles. The van der Waals surface area contributed by atoms with Gasteiger partial charge in [0, 0.05) is 27.1 Å². The van der Waals surface area contributed by atoms with E-state index < -0.39 is 5.82 Å². The van der Waals surface area contributed by atoms with E-state index in [4.69, 9.17) is 0 Å². The van der Waals surface area contributed by atoms with Crippen molar-refractivity contribution in [1.29, 1.82) is 0 Å². The molecule has 1 amide bonds.